The van der Waals surface area contributed by atoms with E-state index in [0.29, 0.717) is 19.6 Å². The lowest BCUT2D eigenvalue weighted by atomic mass is 10.1. The smallest absolute Gasteiger partial charge is 0.343 e. The standard InChI is InChI=1S/C16H19N5O5/c1-17-5-10-6-21(19-18-10)9-14(23)20-7-11(8-20)26-13-4-2-3-12(22)15(13)16(24)25/h2-4,6,11,17,22H,5,7-9H2,1H3,(H,24,25). The molecule has 1 fully saturated rings. The van der Waals surface area contributed by atoms with Crippen molar-refractivity contribution < 1.29 is 24.5 Å². The first kappa shape index (κ1) is 17.7. The number of nitrogens with zero attached hydrogens (tertiary/aromatic N) is 4. The molecule has 2 heterocycles. The van der Waals surface area contributed by atoms with Crippen LogP contribution in [0.4, 0.5) is 0 Å². The van der Waals surface area contributed by atoms with Crippen molar-refractivity contribution in [2.75, 3.05) is 20.1 Å². The van der Waals surface area contributed by atoms with Crippen LogP contribution in [0.3, 0.4) is 0 Å². The highest BCUT2D eigenvalue weighted by Gasteiger charge is 2.33. The SMILES string of the molecule is CNCc1cn(CC(=O)N2CC(Oc3cccc(O)c3C(=O)O)C2)nn1. The van der Waals surface area contributed by atoms with Crippen LogP contribution in [-0.2, 0) is 17.9 Å². The fraction of sp³-hybridized carbons (Fsp3) is 0.375. The van der Waals surface area contributed by atoms with Gasteiger partial charge in [-0.05, 0) is 19.2 Å². The summed E-state index contributed by atoms with van der Waals surface area (Å²) in [7, 11) is 1.80. The number of hydrogen-bond donors (Lipinski definition) is 3. The molecule has 1 aliphatic rings. The lowest BCUT2D eigenvalue weighted by Gasteiger charge is -2.39. The first-order valence-electron chi connectivity index (χ1n) is 8.01. The van der Waals surface area contributed by atoms with Crippen molar-refractivity contribution in [2.45, 2.75) is 19.2 Å². The number of rotatable bonds is 7. The fourth-order valence-corrected chi connectivity index (χ4v) is 2.65. The average Bonchev–Trinajstić information content (AvgIpc) is 2.97. The lowest BCUT2D eigenvalue weighted by molar-refractivity contribution is -0.140. The van der Waals surface area contributed by atoms with E-state index in [1.165, 1.54) is 22.9 Å². The Hall–Kier alpha value is -3.14. The Morgan fingerprint density at radius 2 is 2.15 bits per heavy atom. The van der Waals surface area contributed by atoms with Crippen molar-refractivity contribution in [1.82, 2.24) is 25.2 Å². The normalized spacial score (nSPS) is 14.1. The summed E-state index contributed by atoms with van der Waals surface area (Å²) >= 11 is 0. The van der Waals surface area contributed by atoms with Crippen LogP contribution in [0.25, 0.3) is 0 Å². The van der Waals surface area contributed by atoms with Gasteiger partial charge in [0, 0.05) is 6.54 Å². The Kier molecular flexibility index (Phi) is 5.03. The van der Waals surface area contributed by atoms with E-state index in [-0.39, 0.29) is 35.6 Å². The van der Waals surface area contributed by atoms with E-state index in [1.54, 1.807) is 18.1 Å². The molecule has 10 nitrogen and oxygen atoms in total. The number of amides is 1. The van der Waals surface area contributed by atoms with Crippen molar-refractivity contribution in [3.63, 3.8) is 0 Å². The fourth-order valence-electron chi connectivity index (χ4n) is 2.65. The molecule has 0 aliphatic carbocycles. The largest absolute Gasteiger partial charge is 0.507 e. The van der Waals surface area contributed by atoms with Crippen LogP contribution in [0.15, 0.2) is 24.4 Å². The van der Waals surface area contributed by atoms with Gasteiger partial charge >= 0.3 is 5.97 Å². The zero-order chi connectivity index (χ0) is 18.7. The Morgan fingerprint density at radius 1 is 1.38 bits per heavy atom. The minimum absolute atomic E-state index is 0.0793. The quantitative estimate of drug-likeness (QED) is 0.612. The number of carboxylic acid groups (broad SMARTS) is 1. The molecule has 3 N–H and O–H groups in total. The third-order valence-corrected chi connectivity index (χ3v) is 3.95. The number of aromatic nitrogens is 3. The van der Waals surface area contributed by atoms with Gasteiger partial charge in [-0.25, -0.2) is 9.48 Å². The van der Waals surface area contributed by atoms with E-state index in [1.807, 2.05) is 0 Å². The van der Waals surface area contributed by atoms with Gasteiger partial charge < -0.3 is 25.2 Å². The molecule has 3 rings (SSSR count). The number of phenols is 1. The minimum atomic E-state index is -1.27. The molecule has 0 radical (unpaired) electrons. The summed E-state index contributed by atoms with van der Waals surface area (Å²) in [5, 5.41) is 29.6. The van der Waals surface area contributed by atoms with E-state index in [9.17, 15) is 14.7 Å². The number of carbonyl (C=O) groups excluding carboxylic acids is 1. The summed E-state index contributed by atoms with van der Waals surface area (Å²) in [5.41, 5.74) is 0.465. The second kappa shape index (κ2) is 7.40. The molecule has 0 unspecified atom stereocenters. The van der Waals surface area contributed by atoms with Gasteiger partial charge in [0.15, 0.2) is 0 Å². The first-order valence-corrected chi connectivity index (χ1v) is 8.01. The molecule has 0 spiro atoms. The van der Waals surface area contributed by atoms with Crippen molar-refractivity contribution in [3.8, 4) is 11.5 Å². The van der Waals surface area contributed by atoms with Crippen molar-refractivity contribution in [1.29, 1.82) is 0 Å². The van der Waals surface area contributed by atoms with Crippen molar-refractivity contribution in [3.05, 3.63) is 35.7 Å². The van der Waals surface area contributed by atoms with Crippen LogP contribution in [0, 0.1) is 0 Å². The van der Waals surface area contributed by atoms with Crippen LogP contribution in [0.2, 0.25) is 0 Å². The maximum absolute atomic E-state index is 12.2. The maximum Gasteiger partial charge on any atom is 0.343 e. The molecular formula is C16H19N5O5. The molecule has 138 valence electrons. The molecule has 1 aromatic heterocycles. The molecular weight excluding hydrogens is 342 g/mol. The Balaban J connectivity index is 1.53. The van der Waals surface area contributed by atoms with Crippen LogP contribution < -0.4 is 10.1 Å². The number of hydrogen-bond acceptors (Lipinski definition) is 7. The molecule has 1 aliphatic heterocycles. The highest BCUT2D eigenvalue weighted by molar-refractivity contribution is 5.94. The van der Waals surface area contributed by atoms with Crippen LogP contribution in [0.1, 0.15) is 16.1 Å². The van der Waals surface area contributed by atoms with Gasteiger partial charge in [-0.3, -0.25) is 4.79 Å². The summed E-state index contributed by atoms with van der Waals surface area (Å²) in [5.74, 6) is -1.66. The lowest BCUT2D eigenvalue weighted by Crippen LogP contribution is -2.57. The third-order valence-electron chi connectivity index (χ3n) is 3.95. The summed E-state index contributed by atoms with van der Waals surface area (Å²) < 4.78 is 7.09. The Labute approximate surface area is 149 Å². The van der Waals surface area contributed by atoms with Gasteiger partial charge in [0.05, 0.1) is 25.0 Å². The van der Waals surface area contributed by atoms with Gasteiger partial charge in [0.2, 0.25) is 5.91 Å². The van der Waals surface area contributed by atoms with Crippen molar-refractivity contribution in [2.24, 2.45) is 0 Å². The van der Waals surface area contributed by atoms with E-state index >= 15 is 0 Å². The molecule has 26 heavy (non-hydrogen) atoms. The molecule has 10 heteroatoms. The monoisotopic (exact) mass is 361 g/mol. The number of aromatic hydroxyl groups is 1. The topological polar surface area (TPSA) is 130 Å². The van der Waals surface area contributed by atoms with Crippen molar-refractivity contribution >= 4 is 11.9 Å². The van der Waals surface area contributed by atoms with E-state index in [4.69, 9.17) is 9.84 Å². The van der Waals surface area contributed by atoms with E-state index < -0.39 is 5.97 Å². The van der Waals surface area contributed by atoms with E-state index in [0.717, 1.165) is 5.69 Å². The molecule has 1 aromatic carbocycles. The predicted octanol–water partition coefficient (Wildman–Crippen LogP) is -0.309. The molecule has 2 aromatic rings. The Bertz CT molecular complexity index is 815. The summed E-state index contributed by atoms with van der Waals surface area (Å²) in [6, 6.07) is 4.27. The zero-order valence-electron chi connectivity index (χ0n) is 14.1. The summed E-state index contributed by atoms with van der Waals surface area (Å²) in [4.78, 5) is 25.0. The molecule has 0 saturated carbocycles. The van der Waals surface area contributed by atoms with Crippen LogP contribution in [-0.4, -0.2) is 68.2 Å². The number of ether oxygens (including phenoxy) is 1. The second-order valence-corrected chi connectivity index (χ2v) is 5.93. The van der Waals surface area contributed by atoms with Crippen LogP contribution >= 0.6 is 0 Å². The molecule has 0 bridgehead atoms. The summed E-state index contributed by atoms with van der Waals surface area (Å²) in [6.07, 6.45) is 1.38. The number of carbonyl (C=O) groups is 2. The predicted molar refractivity (Wildman–Crippen MR) is 88.8 cm³/mol. The zero-order valence-corrected chi connectivity index (χ0v) is 14.1. The molecule has 0 atom stereocenters. The number of carboxylic acids is 1. The summed E-state index contributed by atoms with van der Waals surface area (Å²) in [6.45, 7) is 1.33. The van der Waals surface area contributed by atoms with Gasteiger partial charge in [0.1, 0.15) is 29.7 Å². The van der Waals surface area contributed by atoms with Gasteiger partial charge in [-0.2, -0.15) is 0 Å². The molecule has 1 saturated heterocycles. The number of benzene rings is 1. The third kappa shape index (κ3) is 3.75. The Morgan fingerprint density at radius 3 is 2.85 bits per heavy atom. The minimum Gasteiger partial charge on any atom is -0.507 e. The average molecular weight is 361 g/mol. The van der Waals surface area contributed by atoms with Gasteiger partial charge in [-0.1, -0.05) is 11.3 Å². The number of nitrogens with one attached hydrogen (secondary N) is 1. The number of likely N-dealkylation sites (tertiary alicyclic amines) is 1. The van der Waals surface area contributed by atoms with E-state index in [2.05, 4.69) is 15.6 Å². The highest BCUT2D eigenvalue weighted by atomic mass is 16.5. The van der Waals surface area contributed by atoms with Gasteiger partial charge in [0.25, 0.3) is 0 Å². The first-order chi connectivity index (χ1) is 12.5. The van der Waals surface area contributed by atoms with Crippen LogP contribution in [0.5, 0.6) is 11.5 Å². The van der Waals surface area contributed by atoms with Gasteiger partial charge in [-0.15, -0.1) is 5.10 Å². The number of aromatic carboxylic acids is 1. The molecule has 1 amide bonds. The highest BCUT2D eigenvalue weighted by Crippen LogP contribution is 2.29. The maximum atomic E-state index is 12.2. The second-order valence-electron chi connectivity index (χ2n) is 5.93.